The SMILES string of the molecule is CO[As](=O)(OC)c1ccc(N)cc1. The van der Waals surface area contributed by atoms with Gasteiger partial charge in [0, 0.05) is 0 Å². The van der Waals surface area contributed by atoms with Gasteiger partial charge in [0.2, 0.25) is 0 Å². The molecule has 2 N–H and O–H groups in total. The van der Waals surface area contributed by atoms with E-state index in [2.05, 4.69) is 0 Å². The van der Waals surface area contributed by atoms with E-state index in [1.807, 2.05) is 0 Å². The Labute approximate surface area is 80.0 Å². The molecule has 0 amide bonds. The molecule has 0 heterocycles. The fraction of sp³-hybridized carbons (Fsp3) is 0.250. The molecule has 0 bridgehead atoms. The Balaban J connectivity index is 3.07. The third kappa shape index (κ3) is 2.15. The molecule has 4 nitrogen and oxygen atoms in total. The maximum absolute atomic E-state index is 11.8. The molecular formula is C8H12AsNO3. The van der Waals surface area contributed by atoms with E-state index in [1.165, 1.54) is 14.2 Å². The fourth-order valence-corrected chi connectivity index (χ4v) is 3.22. The second kappa shape index (κ2) is 4.00. The first-order chi connectivity index (χ1) is 6.12. The van der Waals surface area contributed by atoms with Crippen molar-refractivity contribution in [2.24, 2.45) is 0 Å². The van der Waals surface area contributed by atoms with Crippen LogP contribution < -0.4 is 10.1 Å². The zero-order valence-corrected chi connectivity index (χ0v) is 9.44. The molecule has 0 aliphatic carbocycles. The van der Waals surface area contributed by atoms with Crippen molar-refractivity contribution >= 4 is 24.2 Å². The summed E-state index contributed by atoms with van der Waals surface area (Å²) in [6.07, 6.45) is 0. The van der Waals surface area contributed by atoms with Crippen LogP contribution in [-0.2, 0) is 11.2 Å². The van der Waals surface area contributed by atoms with E-state index in [1.54, 1.807) is 24.3 Å². The van der Waals surface area contributed by atoms with Gasteiger partial charge in [0.25, 0.3) is 0 Å². The van der Waals surface area contributed by atoms with Crippen molar-refractivity contribution in [3.63, 3.8) is 0 Å². The van der Waals surface area contributed by atoms with E-state index in [9.17, 15) is 3.74 Å². The number of nitrogens with two attached hydrogens (primary N) is 1. The number of rotatable bonds is 3. The molecule has 13 heavy (non-hydrogen) atoms. The monoisotopic (exact) mass is 245 g/mol. The Morgan fingerprint density at radius 2 is 1.62 bits per heavy atom. The molecule has 0 unspecified atom stereocenters. The summed E-state index contributed by atoms with van der Waals surface area (Å²) in [4.78, 5) is 0. The van der Waals surface area contributed by atoms with Gasteiger partial charge in [0.1, 0.15) is 0 Å². The van der Waals surface area contributed by atoms with Crippen LogP contribution >= 0.6 is 0 Å². The van der Waals surface area contributed by atoms with Crippen LogP contribution in [0.5, 0.6) is 0 Å². The third-order valence-corrected chi connectivity index (χ3v) is 5.66. The summed E-state index contributed by atoms with van der Waals surface area (Å²) in [6, 6.07) is 6.65. The van der Waals surface area contributed by atoms with E-state index in [0.29, 0.717) is 10.0 Å². The van der Waals surface area contributed by atoms with Gasteiger partial charge in [-0.05, 0) is 0 Å². The first-order valence-corrected chi connectivity index (χ1v) is 6.93. The Kier molecular flexibility index (Phi) is 3.20. The van der Waals surface area contributed by atoms with Gasteiger partial charge in [-0.2, -0.15) is 0 Å². The summed E-state index contributed by atoms with van der Waals surface area (Å²) < 4.78 is 22.1. The van der Waals surface area contributed by atoms with Crippen LogP contribution in [0.2, 0.25) is 0 Å². The molecule has 1 rings (SSSR count). The Morgan fingerprint density at radius 1 is 1.15 bits per heavy atom. The number of hydrogen-bond donors (Lipinski definition) is 1. The summed E-state index contributed by atoms with van der Waals surface area (Å²) in [5.41, 5.74) is 6.11. The number of benzene rings is 1. The van der Waals surface area contributed by atoms with E-state index in [0.717, 1.165) is 0 Å². The summed E-state index contributed by atoms with van der Waals surface area (Å²) >= 11 is -3.75. The Bertz CT molecular complexity index is 315. The van der Waals surface area contributed by atoms with Gasteiger partial charge in [0.15, 0.2) is 0 Å². The minimum atomic E-state index is -3.75. The summed E-state index contributed by atoms with van der Waals surface area (Å²) in [7, 11) is 2.75. The van der Waals surface area contributed by atoms with Gasteiger partial charge < -0.3 is 0 Å². The maximum atomic E-state index is 11.8. The van der Waals surface area contributed by atoms with Crippen molar-refractivity contribution < 1.29 is 11.2 Å². The van der Waals surface area contributed by atoms with Crippen molar-refractivity contribution in [3.8, 4) is 0 Å². The predicted molar refractivity (Wildman–Crippen MR) is 50.9 cm³/mol. The topological polar surface area (TPSA) is 61.5 Å². The van der Waals surface area contributed by atoms with E-state index in [4.69, 9.17) is 13.2 Å². The van der Waals surface area contributed by atoms with Crippen molar-refractivity contribution in [3.05, 3.63) is 24.3 Å². The normalized spacial score (nSPS) is 11.5. The molecule has 1 aromatic rings. The van der Waals surface area contributed by atoms with Crippen LogP contribution in [0.1, 0.15) is 0 Å². The van der Waals surface area contributed by atoms with E-state index >= 15 is 0 Å². The van der Waals surface area contributed by atoms with Crippen molar-refractivity contribution in [1.29, 1.82) is 0 Å². The van der Waals surface area contributed by atoms with Crippen molar-refractivity contribution in [2.75, 3.05) is 20.0 Å². The standard InChI is InChI=1S/C8H12AsNO3/c1-12-9(11,13-2)7-3-5-8(10)6-4-7/h3-6H,10H2,1-2H3. The first-order valence-electron chi connectivity index (χ1n) is 3.70. The number of nitrogen functional groups attached to an aromatic ring is 1. The third-order valence-electron chi connectivity index (χ3n) is 1.69. The minimum absolute atomic E-state index is 0.567. The van der Waals surface area contributed by atoms with Crippen LogP contribution in [0.25, 0.3) is 0 Å². The van der Waals surface area contributed by atoms with Gasteiger partial charge in [-0.15, -0.1) is 0 Å². The molecule has 0 radical (unpaired) electrons. The Morgan fingerprint density at radius 3 is 2.00 bits per heavy atom. The Hall–Kier alpha value is -0.702. The van der Waals surface area contributed by atoms with Crippen LogP contribution in [0.15, 0.2) is 24.3 Å². The van der Waals surface area contributed by atoms with Crippen LogP contribution in [0.4, 0.5) is 5.69 Å². The number of hydrogen-bond acceptors (Lipinski definition) is 4. The molecule has 0 saturated carbocycles. The molecule has 0 aliphatic rings. The van der Waals surface area contributed by atoms with Gasteiger partial charge in [0.05, 0.1) is 0 Å². The second-order valence-electron chi connectivity index (χ2n) is 2.45. The molecule has 0 aromatic heterocycles. The van der Waals surface area contributed by atoms with Gasteiger partial charge >= 0.3 is 79.6 Å². The molecule has 0 aliphatic heterocycles. The number of anilines is 1. The zero-order valence-electron chi connectivity index (χ0n) is 7.56. The average molecular weight is 245 g/mol. The van der Waals surface area contributed by atoms with Crippen LogP contribution in [0.3, 0.4) is 0 Å². The molecule has 5 heteroatoms. The molecule has 1 aromatic carbocycles. The zero-order chi connectivity index (χ0) is 9.90. The molecule has 0 atom stereocenters. The predicted octanol–water partition coefficient (Wildman–Crippen LogP) is 0.138. The quantitative estimate of drug-likeness (QED) is 0.607. The average Bonchev–Trinajstić information content (AvgIpc) is 2.18. The summed E-state index contributed by atoms with van der Waals surface area (Å²) in [5, 5.41) is 0. The van der Waals surface area contributed by atoms with Crippen molar-refractivity contribution in [1.82, 2.24) is 0 Å². The molecule has 0 fully saturated rings. The van der Waals surface area contributed by atoms with E-state index < -0.39 is 14.2 Å². The van der Waals surface area contributed by atoms with Crippen LogP contribution in [0, 0.1) is 0 Å². The van der Waals surface area contributed by atoms with Gasteiger partial charge in [-0.1, -0.05) is 0 Å². The molecule has 0 spiro atoms. The molecular weight excluding hydrogens is 233 g/mol. The molecule has 0 saturated heterocycles. The van der Waals surface area contributed by atoms with Gasteiger partial charge in [-0.25, -0.2) is 0 Å². The summed E-state index contributed by atoms with van der Waals surface area (Å²) in [5.74, 6) is 0. The van der Waals surface area contributed by atoms with E-state index in [-0.39, 0.29) is 0 Å². The van der Waals surface area contributed by atoms with Gasteiger partial charge in [-0.3, -0.25) is 0 Å². The summed E-state index contributed by atoms with van der Waals surface area (Å²) in [6.45, 7) is 0. The second-order valence-corrected chi connectivity index (χ2v) is 7.16. The van der Waals surface area contributed by atoms with Crippen LogP contribution in [-0.4, -0.2) is 28.4 Å². The van der Waals surface area contributed by atoms with Crippen molar-refractivity contribution in [2.45, 2.75) is 0 Å². The first kappa shape index (κ1) is 10.4. The molecule has 72 valence electrons. The fourth-order valence-electron chi connectivity index (χ4n) is 0.942.